The summed E-state index contributed by atoms with van der Waals surface area (Å²) in [5.41, 5.74) is 3.60. The van der Waals surface area contributed by atoms with Gasteiger partial charge in [-0.2, -0.15) is 0 Å². The average Bonchev–Trinajstić information content (AvgIpc) is 3.36. The van der Waals surface area contributed by atoms with E-state index in [2.05, 4.69) is 29.4 Å². The molecule has 37 heavy (non-hydrogen) atoms. The van der Waals surface area contributed by atoms with E-state index in [1.54, 1.807) is 18.2 Å². The van der Waals surface area contributed by atoms with Gasteiger partial charge in [0.15, 0.2) is 10.9 Å². The number of amides is 2. The van der Waals surface area contributed by atoms with Gasteiger partial charge in [-0.3, -0.25) is 14.9 Å². The van der Waals surface area contributed by atoms with Crippen molar-refractivity contribution in [3.05, 3.63) is 70.9 Å². The lowest BCUT2D eigenvalue weighted by Gasteiger charge is -2.36. The number of nitrogens with zero attached hydrogens (tertiary/aromatic N) is 2. The Kier molecular flexibility index (Phi) is 8.51. The van der Waals surface area contributed by atoms with Gasteiger partial charge in [0.05, 0.1) is 0 Å². The fourth-order valence-corrected chi connectivity index (χ4v) is 4.53. The molecule has 1 saturated heterocycles. The Morgan fingerprint density at radius 3 is 2.38 bits per heavy atom. The van der Waals surface area contributed by atoms with Crippen LogP contribution < -0.4 is 15.5 Å². The zero-order chi connectivity index (χ0) is 26.5. The molecule has 1 aromatic heterocycles. The third-order valence-corrected chi connectivity index (χ3v) is 6.83. The van der Waals surface area contributed by atoms with Crippen molar-refractivity contribution in [2.24, 2.45) is 5.92 Å². The van der Waals surface area contributed by atoms with Crippen LogP contribution in [0.5, 0.6) is 0 Å². The van der Waals surface area contributed by atoms with Gasteiger partial charge in [0.2, 0.25) is 5.91 Å². The van der Waals surface area contributed by atoms with Crippen molar-refractivity contribution in [2.45, 2.75) is 27.2 Å². The van der Waals surface area contributed by atoms with Crippen LogP contribution in [-0.2, 0) is 4.79 Å². The van der Waals surface area contributed by atoms with E-state index < -0.39 is 5.91 Å². The van der Waals surface area contributed by atoms with Gasteiger partial charge in [-0.05, 0) is 73.1 Å². The highest BCUT2D eigenvalue weighted by Crippen LogP contribution is 2.27. The molecule has 7 nitrogen and oxygen atoms in total. The Labute approximate surface area is 227 Å². The molecule has 1 fully saturated rings. The van der Waals surface area contributed by atoms with Crippen molar-refractivity contribution in [3.63, 3.8) is 0 Å². The highest BCUT2D eigenvalue weighted by Gasteiger charge is 2.22. The monoisotopic (exact) mass is 538 g/mol. The molecule has 4 rings (SSSR count). The van der Waals surface area contributed by atoms with Crippen LogP contribution in [0.1, 0.15) is 36.4 Å². The smallest absolute Gasteiger partial charge is 0.293 e. The van der Waals surface area contributed by atoms with Crippen LogP contribution in [0.25, 0.3) is 11.3 Å². The first-order valence-corrected chi connectivity index (χ1v) is 13.1. The molecule has 194 valence electrons. The van der Waals surface area contributed by atoms with Crippen molar-refractivity contribution in [1.82, 2.24) is 10.2 Å². The van der Waals surface area contributed by atoms with Crippen LogP contribution >= 0.6 is 23.8 Å². The van der Waals surface area contributed by atoms with Crippen molar-refractivity contribution in [3.8, 4) is 11.3 Å². The Balaban J connectivity index is 1.28. The predicted molar refractivity (Wildman–Crippen MR) is 152 cm³/mol. The molecule has 1 aliphatic heterocycles. The van der Waals surface area contributed by atoms with Crippen molar-refractivity contribution in [1.29, 1.82) is 0 Å². The van der Waals surface area contributed by atoms with Gasteiger partial charge in [0, 0.05) is 54.6 Å². The van der Waals surface area contributed by atoms with E-state index in [-0.39, 0.29) is 16.8 Å². The van der Waals surface area contributed by atoms with E-state index in [9.17, 15) is 9.59 Å². The second-order valence-electron chi connectivity index (χ2n) is 9.55. The molecule has 0 unspecified atom stereocenters. The molecule has 2 heterocycles. The first kappa shape index (κ1) is 26.7. The van der Waals surface area contributed by atoms with Crippen molar-refractivity contribution >= 4 is 52.1 Å². The van der Waals surface area contributed by atoms with Gasteiger partial charge in [-0.1, -0.05) is 37.6 Å². The van der Waals surface area contributed by atoms with Crippen LogP contribution in [0.15, 0.2) is 59.0 Å². The van der Waals surface area contributed by atoms with E-state index >= 15 is 0 Å². The fourth-order valence-electron chi connectivity index (χ4n) is 4.14. The minimum absolute atomic E-state index is 0.150. The minimum Gasteiger partial charge on any atom is -0.451 e. The summed E-state index contributed by atoms with van der Waals surface area (Å²) in [6.45, 7) is 9.11. The van der Waals surface area contributed by atoms with E-state index in [0.717, 1.165) is 48.7 Å². The van der Waals surface area contributed by atoms with E-state index in [1.165, 1.54) is 0 Å². The number of halogens is 1. The molecule has 2 aromatic carbocycles. The van der Waals surface area contributed by atoms with Crippen LogP contribution in [0, 0.1) is 12.8 Å². The molecule has 2 amide bonds. The highest BCUT2D eigenvalue weighted by molar-refractivity contribution is 7.80. The molecule has 0 atom stereocenters. The zero-order valence-corrected chi connectivity index (χ0v) is 22.8. The molecule has 9 heteroatoms. The molecule has 3 aromatic rings. The number of thiocarbonyl (C=S) groups is 1. The summed E-state index contributed by atoms with van der Waals surface area (Å²) >= 11 is 11.5. The van der Waals surface area contributed by atoms with Crippen molar-refractivity contribution in [2.75, 3.05) is 36.4 Å². The third-order valence-electron chi connectivity index (χ3n) is 6.22. The third kappa shape index (κ3) is 6.90. The highest BCUT2D eigenvalue weighted by atomic mass is 35.5. The number of aryl methyl sites for hydroxylation is 1. The van der Waals surface area contributed by atoms with Crippen LogP contribution in [0.3, 0.4) is 0 Å². The number of nitrogens with one attached hydrogen (secondary N) is 2. The maximum Gasteiger partial charge on any atom is 0.293 e. The first-order valence-electron chi connectivity index (χ1n) is 12.3. The Morgan fingerprint density at radius 1 is 1.03 bits per heavy atom. The average molecular weight is 539 g/mol. The summed E-state index contributed by atoms with van der Waals surface area (Å²) in [6.07, 6.45) is 0.597. The maximum atomic E-state index is 12.6. The van der Waals surface area contributed by atoms with Gasteiger partial charge in [-0.25, -0.2) is 0 Å². The zero-order valence-electron chi connectivity index (χ0n) is 21.2. The molecule has 1 aliphatic rings. The lowest BCUT2D eigenvalue weighted by Crippen LogP contribution is -2.49. The Morgan fingerprint density at radius 2 is 1.73 bits per heavy atom. The number of piperazine rings is 1. The quantitative estimate of drug-likeness (QED) is 0.390. The van der Waals surface area contributed by atoms with Gasteiger partial charge in [0.25, 0.3) is 5.91 Å². The Bertz CT molecular complexity index is 1280. The topological polar surface area (TPSA) is 77.8 Å². The van der Waals surface area contributed by atoms with Gasteiger partial charge in [-0.15, -0.1) is 0 Å². The number of carbonyl (C=O) groups is 2. The number of furan rings is 1. The normalized spacial score (nSPS) is 13.5. The lowest BCUT2D eigenvalue weighted by molar-refractivity contribution is -0.132. The second-order valence-corrected chi connectivity index (χ2v) is 10.4. The summed E-state index contributed by atoms with van der Waals surface area (Å²) in [4.78, 5) is 29.1. The molecule has 2 N–H and O–H groups in total. The number of anilines is 2. The summed E-state index contributed by atoms with van der Waals surface area (Å²) in [5, 5.41) is 6.49. The number of rotatable bonds is 6. The predicted octanol–water partition coefficient (Wildman–Crippen LogP) is 5.73. The lowest BCUT2D eigenvalue weighted by atomic mass is 10.1. The van der Waals surface area contributed by atoms with E-state index in [0.29, 0.717) is 23.1 Å². The van der Waals surface area contributed by atoms with Gasteiger partial charge in [0.1, 0.15) is 5.76 Å². The molecule has 0 radical (unpaired) electrons. The SMILES string of the molecule is Cc1ccc(-c2ccc(C(=O)NC(=S)Nc3ccc(N4CCN(C(=O)CC(C)C)CC4)cc3)o2)cc1Cl. The van der Waals surface area contributed by atoms with E-state index in [4.69, 9.17) is 28.2 Å². The summed E-state index contributed by atoms with van der Waals surface area (Å²) in [7, 11) is 0. The maximum absolute atomic E-state index is 12.6. The number of hydrogen-bond acceptors (Lipinski definition) is 5. The molecular weight excluding hydrogens is 508 g/mol. The van der Waals surface area contributed by atoms with Crippen LogP contribution in [-0.4, -0.2) is 48.0 Å². The minimum atomic E-state index is -0.441. The van der Waals surface area contributed by atoms with Gasteiger partial charge >= 0.3 is 0 Å². The number of benzene rings is 2. The standard InChI is InChI=1S/C28H31ClN4O3S/c1-18(2)16-26(34)33-14-12-32(13-15-33)22-8-6-21(7-9-22)30-28(37)31-27(35)25-11-10-24(36-25)20-5-4-19(3)23(29)17-20/h4-11,17-18H,12-16H2,1-3H3,(H2,30,31,35,37). The van der Waals surface area contributed by atoms with E-state index in [1.807, 2.05) is 48.2 Å². The van der Waals surface area contributed by atoms with Crippen LogP contribution in [0.2, 0.25) is 5.02 Å². The Hall–Kier alpha value is -3.36. The molecule has 0 aliphatic carbocycles. The second kappa shape index (κ2) is 11.8. The molecule has 0 spiro atoms. The number of hydrogen-bond donors (Lipinski definition) is 2. The first-order chi connectivity index (χ1) is 17.7. The molecule has 0 saturated carbocycles. The number of carbonyl (C=O) groups excluding carboxylic acids is 2. The molecular formula is C28H31ClN4O3S. The molecule has 0 bridgehead atoms. The summed E-state index contributed by atoms with van der Waals surface area (Å²) in [5.74, 6) is 0.860. The van der Waals surface area contributed by atoms with Crippen LogP contribution in [0.4, 0.5) is 11.4 Å². The van der Waals surface area contributed by atoms with Crippen molar-refractivity contribution < 1.29 is 14.0 Å². The summed E-state index contributed by atoms with van der Waals surface area (Å²) < 4.78 is 5.71. The fraction of sp³-hybridized carbons (Fsp3) is 0.321. The largest absolute Gasteiger partial charge is 0.451 e. The summed E-state index contributed by atoms with van der Waals surface area (Å²) in [6, 6.07) is 16.8. The van der Waals surface area contributed by atoms with Gasteiger partial charge < -0.3 is 19.5 Å².